The molecule has 0 radical (unpaired) electrons. The van der Waals surface area contributed by atoms with Crippen LogP contribution >= 0.6 is 23.2 Å². The van der Waals surface area contributed by atoms with Crippen LogP contribution in [0.4, 0.5) is 4.79 Å². The SMILES string of the molecule is CC(C)(C)OC(=O)N1CCC(c2cccc(Oc3ccccc3)c2)=C(C(=O)N(Cc2cccc(Cl)c2Cl)C2CC2)C1. The average Bonchev–Trinajstić information content (AvgIpc) is 3.78. The molecule has 214 valence electrons. The molecule has 5 rings (SSSR count). The molecule has 0 atom stereocenters. The molecule has 1 aliphatic heterocycles. The largest absolute Gasteiger partial charge is 0.457 e. The van der Waals surface area contributed by atoms with Crippen LogP contribution in [0.1, 0.15) is 51.2 Å². The van der Waals surface area contributed by atoms with Crippen LogP contribution in [-0.2, 0) is 16.1 Å². The molecule has 0 aromatic heterocycles. The Bertz CT molecular complexity index is 1460. The number of nitrogens with zero attached hydrogens (tertiary/aromatic N) is 2. The van der Waals surface area contributed by atoms with Crippen molar-refractivity contribution in [3.63, 3.8) is 0 Å². The van der Waals surface area contributed by atoms with Crippen LogP contribution in [0.2, 0.25) is 10.0 Å². The van der Waals surface area contributed by atoms with E-state index >= 15 is 0 Å². The second kappa shape index (κ2) is 12.2. The Morgan fingerprint density at radius 3 is 2.37 bits per heavy atom. The third-order valence-electron chi connectivity index (χ3n) is 7.04. The second-order valence-electron chi connectivity index (χ2n) is 11.4. The third-order valence-corrected chi connectivity index (χ3v) is 7.90. The number of carbonyl (C=O) groups is 2. The summed E-state index contributed by atoms with van der Waals surface area (Å²) in [5, 5.41) is 0.905. The molecule has 0 saturated heterocycles. The summed E-state index contributed by atoms with van der Waals surface area (Å²) in [6, 6.07) is 22.9. The number of hydrogen-bond donors (Lipinski definition) is 0. The van der Waals surface area contributed by atoms with Gasteiger partial charge < -0.3 is 19.3 Å². The van der Waals surface area contributed by atoms with Gasteiger partial charge in [0.15, 0.2) is 0 Å². The summed E-state index contributed by atoms with van der Waals surface area (Å²) in [4.78, 5) is 30.9. The van der Waals surface area contributed by atoms with Gasteiger partial charge in [-0.05, 0) is 87.1 Å². The van der Waals surface area contributed by atoms with Gasteiger partial charge in [0.1, 0.15) is 17.1 Å². The van der Waals surface area contributed by atoms with Crippen LogP contribution in [0.25, 0.3) is 5.57 Å². The first-order valence-electron chi connectivity index (χ1n) is 13.9. The highest BCUT2D eigenvalue weighted by Gasteiger charge is 2.38. The maximum atomic E-state index is 14.4. The van der Waals surface area contributed by atoms with Crippen molar-refractivity contribution in [1.29, 1.82) is 0 Å². The lowest BCUT2D eigenvalue weighted by molar-refractivity contribution is -0.128. The molecule has 1 heterocycles. The number of ether oxygens (including phenoxy) is 2. The van der Waals surface area contributed by atoms with Crippen molar-refractivity contribution in [1.82, 2.24) is 9.80 Å². The summed E-state index contributed by atoms with van der Waals surface area (Å²) >= 11 is 12.8. The van der Waals surface area contributed by atoms with E-state index in [2.05, 4.69) is 0 Å². The van der Waals surface area contributed by atoms with E-state index in [1.165, 1.54) is 0 Å². The van der Waals surface area contributed by atoms with Gasteiger partial charge >= 0.3 is 6.09 Å². The molecular weight excluding hydrogens is 559 g/mol. The normalized spacial score (nSPS) is 15.5. The van der Waals surface area contributed by atoms with Gasteiger partial charge in [-0.3, -0.25) is 4.79 Å². The quantitative estimate of drug-likeness (QED) is 0.276. The van der Waals surface area contributed by atoms with Gasteiger partial charge in [-0.15, -0.1) is 0 Å². The molecule has 1 fully saturated rings. The molecule has 0 spiro atoms. The highest BCUT2D eigenvalue weighted by atomic mass is 35.5. The number of rotatable bonds is 7. The Kier molecular flexibility index (Phi) is 8.62. The van der Waals surface area contributed by atoms with Crippen LogP contribution in [0.15, 0.2) is 78.4 Å². The lowest BCUT2D eigenvalue weighted by atomic mass is 9.92. The fraction of sp³-hybridized carbons (Fsp3) is 0.333. The van der Waals surface area contributed by atoms with Crippen LogP contribution in [0.3, 0.4) is 0 Å². The molecule has 2 aliphatic rings. The van der Waals surface area contributed by atoms with Gasteiger partial charge in [0.05, 0.1) is 16.6 Å². The first-order chi connectivity index (χ1) is 19.6. The Hall–Kier alpha value is -3.48. The Morgan fingerprint density at radius 1 is 0.951 bits per heavy atom. The standard InChI is InChI=1S/C33H34Cl2N2O4/c1-33(2,3)41-32(39)36-18-17-27(22-9-7-13-26(19-22)40-25-11-5-4-6-12-25)28(21-36)31(38)37(24-15-16-24)20-23-10-8-14-29(34)30(23)35/h4-14,19,24H,15-18,20-21H2,1-3H3. The predicted octanol–water partition coefficient (Wildman–Crippen LogP) is 8.37. The lowest BCUT2D eigenvalue weighted by Crippen LogP contribution is -2.44. The molecule has 3 aromatic carbocycles. The smallest absolute Gasteiger partial charge is 0.410 e. The average molecular weight is 594 g/mol. The zero-order valence-electron chi connectivity index (χ0n) is 23.5. The Labute approximate surface area is 251 Å². The minimum absolute atomic E-state index is 0.107. The number of hydrogen-bond acceptors (Lipinski definition) is 4. The second-order valence-corrected chi connectivity index (χ2v) is 12.2. The van der Waals surface area contributed by atoms with E-state index in [0.29, 0.717) is 40.9 Å². The van der Waals surface area contributed by atoms with Crippen molar-refractivity contribution in [2.24, 2.45) is 0 Å². The van der Waals surface area contributed by atoms with Gasteiger partial charge in [-0.2, -0.15) is 0 Å². The molecule has 1 aliphatic carbocycles. The zero-order chi connectivity index (χ0) is 29.1. The molecule has 8 heteroatoms. The molecule has 6 nitrogen and oxygen atoms in total. The maximum Gasteiger partial charge on any atom is 0.410 e. The monoisotopic (exact) mass is 592 g/mol. The fourth-order valence-corrected chi connectivity index (χ4v) is 5.29. The van der Waals surface area contributed by atoms with Gasteiger partial charge in [-0.1, -0.05) is 65.7 Å². The van der Waals surface area contributed by atoms with Crippen molar-refractivity contribution < 1.29 is 19.1 Å². The van der Waals surface area contributed by atoms with E-state index in [-0.39, 0.29) is 18.5 Å². The summed E-state index contributed by atoms with van der Waals surface area (Å²) < 4.78 is 11.8. The summed E-state index contributed by atoms with van der Waals surface area (Å²) in [5.74, 6) is 1.29. The van der Waals surface area contributed by atoms with E-state index in [0.717, 1.165) is 35.3 Å². The summed E-state index contributed by atoms with van der Waals surface area (Å²) in [6.45, 7) is 6.44. The highest BCUT2D eigenvalue weighted by molar-refractivity contribution is 6.42. The first-order valence-corrected chi connectivity index (χ1v) is 14.6. The van der Waals surface area contributed by atoms with E-state index in [4.69, 9.17) is 32.7 Å². The van der Waals surface area contributed by atoms with E-state index in [1.807, 2.05) is 92.4 Å². The van der Waals surface area contributed by atoms with Gasteiger partial charge in [0.25, 0.3) is 5.91 Å². The third kappa shape index (κ3) is 7.24. The van der Waals surface area contributed by atoms with E-state index in [9.17, 15) is 9.59 Å². The Balaban J connectivity index is 1.50. The minimum Gasteiger partial charge on any atom is -0.457 e. The summed E-state index contributed by atoms with van der Waals surface area (Å²) in [6.07, 6.45) is 1.91. The molecule has 0 unspecified atom stereocenters. The molecule has 1 saturated carbocycles. The maximum absolute atomic E-state index is 14.4. The summed E-state index contributed by atoms with van der Waals surface area (Å²) in [5.41, 5.74) is 2.51. The summed E-state index contributed by atoms with van der Waals surface area (Å²) in [7, 11) is 0. The first kappa shape index (κ1) is 29.0. The number of para-hydroxylation sites is 1. The van der Waals surface area contributed by atoms with Crippen LogP contribution in [0.5, 0.6) is 11.5 Å². The van der Waals surface area contributed by atoms with E-state index < -0.39 is 11.7 Å². The van der Waals surface area contributed by atoms with E-state index in [1.54, 1.807) is 11.0 Å². The van der Waals surface area contributed by atoms with Crippen molar-refractivity contribution in [2.75, 3.05) is 13.1 Å². The van der Waals surface area contributed by atoms with Gasteiger partial charge in [-0.25, -0.2) is 4.79 Å². The van der Waals surface area contributed by atoms with Crippen molar-refractivity contribution in [3.05, 3.63) is 99.5 Å². The van der Waals surface area contributed by atoms with Crippen molar-refractivity contribution in [3.8, 4) is 11.5 Å². The number of carbonyl (C=O) groups excluding carboxylic acids is 2. The molecule has 0 N–H and O–H groups in total. The van der Waals surface area contributed by atoms with Crippen molar-refractivity contribution >= 4 is 40.8 Å². The van der Waals surface area contributed by atoms with Gasteiger partial charge in [0.2, 0.25) is 0 Å². The number of amides is 2. The highest BCUT2D eigenvalue weighted by Crippen LogP contribution is 2.37. The molecular formula is C33H34Cl2N2O4. The molecule has 41 heavy (non-hydrogen) atoms. The van der Waals surface area contributed by atoms with Crippen LogP contribution in [-0.4, -0.2) is 46.5 Å². The number of halogens is 2. The predicted molar refractivity (Wildman–Crippen MR) is 162 cm³/mol. The van der Waals surface area contributed by atoms with Crippen LogP contribution in [0, 0.1) is 0 Å². The fourth-order valence-electron chi connectivity index (χ4n) is 4.91. The Morgan fingerprint density at radius 2 is 1.66 bits per heavy atom. The molecule has 2 amide bonds. The van der Waals surface area contributed by atoms with Crippen molar-refractivity contribution in [2.45, 2.75) is 58.2 Å². The topological polar surface area (TPSA) is 59.1 Å². The lowest BCUT2D eigenvalue weighted by Gasteiger charge is -2.34. The molecule has 0 bridgehead atoms. The minimum atomic E-state index is -0.641. The number of benzene rings is 3. The van der Waals surface area contributed by atoms with Gasteiger partial charge in [0, 0.05) is 24.7 Å². The molecule has 3 aromatic rings. The van der Waals surface area contributed by atoms with Crippen LogP contribution < -0.4 is 4.74 Å². The zero-order valence-corrected chi connectivity index (χ0v) is 25.0.